The maximum Gasteiger partial charge on any atom is 0.141 e. The van der Waals surface area contributed by atoms with Crippen molar-refractivity contribution in [2.75, 3.05) is 6.61 Å². The van der Waals surface area contributed by atoms with E-state index in [1.807, 2.05) is 26.0 Å². The molecule has 0 fully saturated rings. The molecule has 0 saturated carbocycles. The molecule has 1 heterocycles. The number of rotatable bonds is 2. The van der Waals surface area contributed by atoms with Crippen LogP contribution in [0.15, 0.2) is 12.1 Å². The van der Waals surface area contributed by atoms with Crippen molar-refractivity contribution in [1.82, 2.24) is 0 Å². The van der Waals surface area contributed by atoms with Crippen LogP contribution in [0.1, 0.15) is 25.8 Å². The van der Waals surface area contributed by atoms with Gasteiger partial charge in [-0.25, -0.2) is 0 Å². The molecule has 82 valence electrons. The molecule has 1 aliphatic rings. The van der Waals surface area contributed by atoms with E-state index < -0.39 is 0 Å². The van der Waals surface area contributed by atoms with E-state index >= 15 is 0 Å². The fourth-order valence-electron chi connectivity index (χ4n) is 1.69. The molecule has 15 heavy (non-hydrogen) atoms. The van der Waals surface area contributed by atoms with Gasteiger partial charge in [0.25, 0.3) is 0 Å². The van der Waals surface area contributed by atoms with Crippen LogP contribution in [-0.4, -0.2) is 12.7 Å². The van der Waals surface area contributed by atoms with Gasteiger partial charge >= 0.3 is 0 Å². The molecule has 3 heteroatoms. The summed E-state index contributed by atoms with van der Waals surface area (Å²) in [6.07, 6.45) is 2.23. The topological polar surface area (TPSA) is 18.5 Å². The number of ether oxygens (including phenoxy) is 2. The van der Waals surface area contributed by atoms with Crippen LogP contribution in [0.4, 0.5) is 0 Å². The highest BCUT2D eigenvalue weighted by Gasteiger charge is 2.14. The van der Waals surface area contributed by atoms with Gasteiger partial charge in [-0.2, -0.15) is 0 Å². The van der Waals surface area contributed by atoms with Crippen LogP contribution in [0.3, 0.4) is 0 Å². The summed E-state index contributed by atoms with van der Waals surface area (Å²) in [5.74, 6) is 1.63. The minimum Gasteiger partial charge on any atom is -0.493 e. The van der Waals surface area contributed by atoms with Crippen molar-refractivity contribution in [2.45, 2.75) is 32.8 Å². The summed E-state index contributed by atoms with van der Waals surface area (Å²) in [7, 11) is 0. The lowest BCUT2D eigenvalue weighted by molar-refractivity contribution is 0.238. The van der Waals surface area contributed by atoms with Crippen molar-refractivity contribution in [3.05, 3.63) is 22.7 Å². The standard InChI is InChI=1S/C12H15ClO2/c1-8(2)15-12-7-11-9(6-10(12)13)4-3-5-14-11/h6-8H,3-5H2,1-2H3. The van der Waals surface area contributed by atoms with E-state index in [4.69, 9.17) is 21.1 Å². The van der Waals surface area contributed by atoms with Gasteiger partial charge in [0.05, 0.1) is 17.7 Å². The van der Waals surface area contributed by atoms with E-state index in [2.05, 4.69) is 0 Å². The largest absolute Gasteiger partial charge is 0.493 e. The number of benzene rings is 1. The van der Waals surface area contributed by atoms with Crippen molar-refractivity contribution in [1.29, 1.82) is 0 Å². The van der Waals surface area contributed by atoms with Gasteiger partial charge < -0.3 is 9.47 Å². The van der Waals surface area contributed by atoms with Crippen molar-refractivity contribution in [2.24, 2.45) is 0 Å². The molecule has 0 aliphatic carbocycles. The zero-order valence-electron chi connectivity index (χ0n) is 9.05. The Morgan fingerprint density at radius 1 is 1.40 bits per heavy atom. The van der Waals surface area contributed by atoms with Crippen molar-refractivity contribution in [3.63, 3.8) is 0 Å². The smallest absolute Gasteiger partial charge is 0.141 e. The molecule has 0 unspecified atom stereocenters. The van der Waals surface area contributed by atoms with E-state index in [-0.39, 0.29) is 6.10 Å². The number of hydrogen-bond acceptors (Lipinski definition) is 2. The predicted octanol–water partition coefficient (Wildman–Crippen LogP) is 3.45. The molecule has 0 bridgehead atoms. The monoisotopic (exact) mass is 226 g/mol. The highest BCUT2D eigenvalue weighted by atomic mass is 35.5. The maximum absolute atomic E-state index is 6.12. The minimum absolute atomic E-state index is 0.129. The summed E-state index contributed by atoms with van der Waals surface area (Å²) in [6.45, 7) is 4.75. The van der Waals surface area contributed by atoms with Crippen LogP contribution in [0.2, 0.25) is 5.02 Å². The summed E-state index contributed by atoms with van der Waals surface area (Å²) in [6, 6.07) is 3.85. The van der Waals surface area contributed by atoms with Crippen molar-refractivity contribution in [3.8, 4) is 11.5 Å². The lowest BCUT2D eigenvalue weighted by Gasteiger charge is -2.20. The number of hydrogen-bond donors (Lipinski definition) is 0. The van der Waals surface area contributed by atoms with Gasteiger partial charge in [0.2, 0.25) is 0 Å². The Bertz CT molecular complexity index is 361. The number of aryl methyl sites for hydroxylation is 1. The van der Waals surface area contributed by atoms with Gasteiger partial charge in [0.1, 0.15) is 11.5 Å². The third kappa shape index (κ3) is 2.37. The van der Waals surface area contributed by atoms with Gasteiger partial charge in [-0.3, -0.25) is 0 Å². The molecule has 0 atom stereocenters. The summed E-state index contributed by atoms with van der Waals surface area (Å²) in [5, 5.41) is 0.674. The molecule has 2 rings (SSSR count). The fraction of sp³-hybridized carbons (Fsp3) is 0.500. The Labute approximate surface area is 95.1 Å². The first-order valence-corrected chi connectivity index (χ1v) is 5.66. The summed E-state index contributed by atoms with van der Waals surface area (Å²) in [5.41, 5.74) is 1.18. The Kier molecular flexibility index (Phi) is 3.06. The zero-order valence-corrected chi connectivity index (χ0v) is 9.80. The molecule has 0 aromatic heterocycles. The molecule has 0 radical (unpaired) electrons. The van der Waals surface area contributed by atoms with E-state index in [0.29, 0.717) is 10.8 Å². The van der Waals surface area contributed by atoms with Crippen LogP contribution < -0.4 is 9.47 Å². The van der Waals surface area contributed by atoms with Crippen LogP contribution in [-0.2, 0) is 6.42 Å². The zero-order chi connectivity index (χ0) is 10.8. The lowest BCUT2D eigenvalue weighted by atomic mass is 10.1. The van der Waals surface area contributed by atoms with Crippen LogP contribution >= 0.6 is 11.6 Å². The van der Waals surface area contributed by atoms with Gasteiger partial charge in [-0.15, -0.1) is 0 Å². The summed E-state index contributed by atoms with van der Waals surface area (Å²) in [4.78, 5) is 0. The van der Waals surface area contributed by atoms with Gasteiger partial charge in [0, 0.05) is 6.07 Å². The van der Waals surface area contributed by atoms with E-state index in [0.717, 1.165) is 25.2 Å². The molecular weight excluding hydrogens is 212 g/mol. The Morgan fingerprint density at radius 2 is 2.20 bits per heavy atom. The van der Waals surface area contributed by atoms with Crippen molar-refractivity contribution < 1.29 is 9.47 Å². The maximum atomic E-state index is 6.12. The van der Waals surface area contributed by atoms with Gasteiger partial charge in [-0.1, -0.05) is 11.6 Å². The summed E-state index contributed by atoms with van der Waals surface area (Å²) >= 11 is 6.12. The molecule has 1 aromatic rings. The first-order chi connectivity index (χ1) is 7.16. The Balaban J connectivity index is 2.32. The van der Waals surface area contributed by atoms with Gasteiger partial charge in [0.15, 0.2) is 0 Å². The highest BCUT2D eigenvalue weighted by molar-refractivity contribution is 6.32. The molecule has 0 amide bonds. The van der Waals surface area contributed by atoms with Crippen LogP contribution in [0.5, 0.6) is 11.5 Å². The molecule has 2 nitrogen and oxygen atoms in total. The van der Waals surface area contributed by atoms with Gasteiger partial charge in [-0.05, 0) is 38.3 Å². The number of halogens is 1. The predicted molar refractivity (Wildman–Crippen MR) is 61.0 cm³/mol. The second kappa shape index (κ2) is 4.31. The third-order valence-corrected chi connectivity index (χ3v) is 2.62. The molecule has 0 saturated heterocycles. The second-order valence-corrected chi connectivity index (χ2v) is 4.42. The summed E-state index contributed by atoms with van der Waals surface area (Å²) < 4.78 is 11.2. The van der Waals surface area contributed by atoms with E-state index in [9.17, 15) is 0 Å². The molecule has 0 N–H and O–H groups in total. The van der Waals surface area contributed by atoms with Crippen LogP contribution in [0.25, 0.3) is 0 Å². The Morgan fingerprint density at radius 3 is 2.93 bits per heavy atom. The molecule has 0 spiro atoms. The average molecular weight is 227 g/mol. The molecule has 1 aliphatic heterocycles. The minimum atomic E-state index is 0.129. The van der Waals surface area contributed by atoms with Crippen molar-refractivity contribution >= 4 is 11.6 Å². The Hall–Kier alpha value is -0.890. The quantitative estimate of drug-likeness (QED) is 0.769. The lowest BCUT2D eigenvalue weighted by Crippen LogP contribution is -2.10. The highest BCUT2D eigenvalue weighted by Crippen LogP contribution is 2.35. The molecule has 1 aromatic carbocycles. The van der Waals surface area contributed by atoms with E-state index in [1.165, 1.54) is 5.56 Å². The first-order valence-electron chi connectivity index (χ1n) is 5.28. The van der Waals surface area contributed by atoms with E-state index in [1.54, 1.807) is 0 Å². The SMILES string of the molecule is CC(C)Oc1cc2c(cc1Cl)CCCO2. The molecular formula is C12H15ClO2. The number of fused-ring (bicyclic) bond motifs is 1. The normalized spacial score (nSPS) is 14.7. The first kappa shape index (κ1) is 10.6. The third-order valence-electron chi connectivity index (χ3n) is 2.33. The fourth-order valence-corrected chi connectivity index (χ4v) is 1.93. The van der Waals surface area contributed by atoms with Crippen LogP contribution in [0, 0.1) is 0 Å². The second-order valence-electron chi connectivity index (χ2n) is 4.01. The average Bonchev–Trinajstić information content (AvgIpc) is 2.18.